The van der Waals surface area contributed by atoms with E-state index in [9.17, 15) is 19.1 Å². The maximum absolute atomic E-state index is 13.4. The molecule has 1 fully saturated rings. The van der Waals surface area contributed by atoms with Crippen molar-refractivity contribution in [1.82, 2.24) is 4.90 Å². The summed E-state index contributed by atoms with van der Waals surface area (Å²) in [4.78, 5) is 25.5. The molecule has 1 aromatic carbocycles. The van der Waals surface area contributed by atoms with Crippen LogP contribution in [0.1, 0.15) is 30.6 Å². The van der Waals surface area contributed by atoms with E-state index in [1.165, 1.54) is 17.0 Å². The Morgan fingerprint density at radius 2 is 2.05 bits per heavy atom. The Morgan fingerprint density at radius 1 is 1.38 bits per heavy atom. The third kappa shape index (κ3) is 2.95. The summed E-state index contributed by atoms with van der Waals surface area (Å²) in [7, 11) is 0. The van der Waals surface area contributed by atoms with Crippen molar-refractivity contribution in [3.63, 3.8) is 0 Å². The van der Waals surface area contributed by atoms with Crippen LogP contribution in [0.3, 0.4) is 0 Å². The molecular formula is C15H17BrFNO3. The molecule has 1 aromatic rings. The van der Waals surface area contributed by atoms with Crippen LogP contribution in [0, 0.1) is 17.2 Å². The maximum Gasteiger partial charge on any atom is 0.311 e. The van der Waals surface area contributed by atoms with E-state index in [4.69, 9.17) is 0 Å². The quantitative estimate of drug-likeness (QED) is 0.903. The van der Waals surface area contributed by atoms with Gasteiger partial charge in [-0.3, -0.25) is 9.59 Å². The Hall–Kier alpha value is -1.43. The summed E-state index contributed by atoms with van der Waals surface area (Å²) >= 11 is 3.15. The summed E-state index contributed by atoms with van der Waals surface area (Å²) in [6.07, 6.45) is 0.419. The molecular weight excluding hydrogens is 341 g/mol. The van der Waals surface area contributed by atoms with Crippen LogP contribution in [0.5, 0.6) is 0 Å². The lowest BCUT2D eigenvalue weighted by atomic mass is 9.76. The van der Waals surface area contributed by atoms with E-state index >= 15 is 0 Å². The lowest BCUT2D eigenvalue weighted by Crippen LogP contribution is -2.40. The number of carbonyl (C=O) groups is 2. The molecule has 1 atom stereocenters. The summed E-state index contributed by atoms with van der Waals surface area (Å²) in [5.74, 6) is -1.79. The minimum Gasteiger partial charge on any atom is -0.481 e. The van der Waals surface area contributed by atoms with Gasteiger partial charge < -0.3 is 10.0 Å². The molecule has 1 unspecified atom stereocenters. The maximum atomic E-state index is 13.4. The molecule has 0 saturated carbocycles. The van der Waals surface area contributed by atoms with E-state index in [1.807, 2.05) is 13.8 Å². The normalized spacial score (nSPS) is 21.9. The van der Waals surface area contributed by atoms with E-state index in [-0.39, 0.29) is 23.9 Å². The third-order valence-electron chi connectivity index (χ3n) is 4.23. The smallest absolute Gasteiger partial charge is 0.311 e. The molecule has 4 nitrogen and oxygen atoms in total. The van der Waals surface area contributed by atoms with E-state index < -0.39 is 17.2 Å². The Labute approximate surface area is 131 Å². The number of halogens is 2. The molecule has 0 spiro atoms. The van der Waals surface area contributed by atoms with E-state index in [1.54, 1.807) is 6.07 Å². The van der Waals surface area contributed by atoms with Gasteiger partial charge in [-0.25, -0.2) is 4.39 Å². The SMILES string of the molecule is CC(C)C1(C(=O)O)CCN(C(=O)c2cc(F)cc(Br)c2)C1. The van der Waals surface area contributed by atoms with E-state index in [2.05, 4.69) is 15.9 Å². The highest BCUT2D eigenvalue weighted by Crippen LogP contribution is 2.38. The van der Waals surface area contributed by atoms with Gasteiger partial charge in [-0.15, -0.1) is 0 Å². The lowest BCUT2D eigenvalue weighted by Gasteiger charge is -2.28. The van der Waals surface area contributed by atoms with Gasteiger partial charge in [-0.05, 0) is 30.5 Å². The van der Waals surface area contributed by atoms with Gasteiger partial charge in [0, 0.05) is 23.1 Å². The Morgan fingerprint density at radius 3 is 2.52 bits per heavy atom. The molecule has 0 aromatic heterocycles. The minimum absolute atomic E-state index is 0.0768. The van der Waals surface area contributed by atoms with Crippen LogP contribution >= 0.6 is 15.9 Å². The van der Waals surface area contributed by atoms with Crippen molar-refractivity contribution in [1.29, 1.82) is 0 Å². The summed E-state index contributed by atoms with van der Waals surface area (Å²) in [6.45, 7) is 4.23. The first-order valence-corrected chi connectivity index (χ1v) is 7.54. The van der Waals surface area contributed by atoms with Gasteiger partial charge in [-0.1, -0.05) is 29.8 Å². The molecule has 0 radical (unpaired) electrons. The number of carbonyl (C=O) groups excluding carboxylic acids is 1. The van der Waals surface area contributed by atoms with Crippen molar-refractivity contribution in [2.24, 2.45) is 11.3 Å². The van der Waals surface area contributed by atoms with Crippen LogP contribution in [0.25, 0.3) is 0 Å². The van der Waals surface area contributed by atoms with E-state index in [0.717, 1.165) is 0 Å². The molecule has 1 aliphatic heterocycles. The fourth-order valence-corrected chi connectivity index (χ4v) is 3.22. The van der Waals surface area contributed by atoms with Crippen molar-refractivity contribution in [3.05, 3.63) is 34.1 Å². The molecule has 0 bridgehead atoms. The second-order valence-corrected chi connectivity index (χ2v) is 6.67. The molecule has 0 aliphatic carbocycles. The van der Waals surface area contributed by atoms with E-state index in [0.29, 0.717) is 17.4 Å². The number of hydrogen-bond donors (Lipinski definition) is 1. The predicted octanol–water partition coefficient (Wildman–Crippen LogP) is 3.16. The van der Waals surface area contributed by atoms with Gasteiger partial charge in [-0.2, -0.15) is 0 Å². The molecule has 1 N–H and O–H groups in total. The van der Waals surface area contributed by atoms with Crippen LogP contribution in [0.15, 0.2) is 22.7 Å². The first kappa shape index (κ1) is 15.9. The predicted molar refractivity (Wildman–Crippen MR) is 79.5 cm³/mol. The van der Waals surface area contributed by atoms with Crippen LogP contribution in [-0.4, -0.2) is 35.0 Å². The molecule has 21 heavy (non-hydrogen) atoms. The second kappa shape index (κ2) is 5.75. The Balaban J connectivity index is 2.24. The van der Waals surface area contributed by atoms with Crippen molar-refractivity contribution >= 4 is 27.8 Å². The van der Waals surface area contributed by atoms with Crippen LogP contribution in [0.2, 0.25) is 0 Å². The molecule has 114 valence electrons. The highest BCUT2D eigenvalue weighted by Gasteiger charge is 2.48. The van der Waals surface area contributed by atoms with Crippen LogP contribution < -0.4 is 0 Å². The largest absolute Gasteiger partial charge is 0.481 e. The van der Waals surface area contributed by atoms with Crippen molar-refractivity contribution < 1.29 is 19.1 Å². The summed E-state index contributed by atoms with van der Waals surface area (Å²) in [6, 6.07) is 3.99. The highest BCUT2D eigenvalue weighted by molar-refractivity contribution is 9.10. The number of aliphatic carboxylic acids is 1. The number of rotatable bonds is 3. The van der Waals surface area contributed by atoms with Gasteiger partial charge >= 0.3 is 5.97 Å². The lowest BCUT2D eigenvalue weighted by molar-refractivity contribution is -0.150. The molecule has 2 rings (SSSR count). The van der Waals surface area contributed by atoms with Crippen molar-refractivity contribution in [2.75, 3.05) is 13.1 Å². The molecule has 1 aliphatic rings. The standard InChI is InChI=1S/C15H17BrFNO3/c1-9(2)15(14(20)21)3-4-18(8-15)13(19)10-5-11(16)7-12(17)6-10/h5-7,9H,3-4,8H2,1-2H3,(H,20,21). The molecule has 6 heteroatoms. The average molecular weight is 358 g/mol. The number of likely N-dealkylation sites (tertiary alicyclic amines) is 1. The fourth-order valence-electron chi connectivity index (χ4n) is 2.76. The van der Waals surface area contributed by atoms with Gasteiger partial charge in [0.2, 0.25) is 0 Å². The van der Waals surface area contributed by atoms with Gasteiger partial charge in [0.05, 0.1) is 5.41 Å². The number of carboxylic acid groups (broad SMARTS) is 1. The zero-order valence-electron chi connectivity index (χ0n) is 11.9. The minimum atomic E-state index is -0.916. The van der Waals surface area contributed by atoms with Crippen molar-refractivity contribution in [2.45, 2.75) is 20.3 Å². The topological polar surface area (TPSA) is 57.6 Å². The van der Waals surface area contributed by atoms with Gasteiger partial charge in [0.1, 0.15) is 5.82 Å². The highest BCUT2D eigenvalue weighted by atomic mass is 79.9. The molecule has 1 amide bonds. The number of benzene rings is 1. The molecule has 1 saturated heterocycles. The zero-order chi connectivity index (χ0) is 15.8. The second-order valence-electron chi connectivity index (χ2n) is 5.75. The summed E-state index contributed by atoms with van der Waals surface area (Å²) < 4.78 is 13.9. The van der Waals surface area contributed by atoms with Crippen molar-refractivity contribution in [3.8, 4) is 0 Å². The number of hydrogen-bond acceptors (Lipinski definition) is 2. The Bertz CT molecular complexity index is 570. The van der Waals surface area contributed by atoms with Crippen LogP contribution in [-0.2, 0) is 4.79 Å². The fraction of sp³-hybridized carbons (Fsp3) is 0.467. The third-order valence-corrected chi connectivity index (χ3v) is 4.69. The van der Waals surface area contributed by atoms with Gasteiger partial charge in [0.25, 0.3) is 5.91 Å². The summed E-state index contributed by atoms with van der Waals surface area (Å²) in [5.41, 5.74) is -0.688. The molecule has 1 heterocycles. The van der Waals surface area contributed by atoms with Crippen LogP contribution in [0.4, 0.5) is 4.39 Å². The summed E-state index contributed by atoms with van der Waals surface area (Å²) in [5, 5.41) is 9.49. The number of nitrogens with zero attached hydrogens (tertiary/aromatic N) is 1. The first-order chi connectivity index (χ1) is 9.76. The Kier molecular flexibility index (Phi) is 4.37. The monoisotopic (exact) mass is 357 g/mol. The number of amides is 1. The first-order valence-electron chi connectivity index (χ1n) is 6.75. The number of carboxylic acids is 1. The zero-order valence-corrected chi connectivity index (χ0v) is 13.5. The average Bonchev–Trinajstić information content (AvgIpc) is 2.83. The van der Waals surface area contributed by atoms with Gasteiger partial charge in [0.15, 0.2) is 0 Å².